The highest BCUT2D eigenvalue weighted by Gasteiger charge is 2.15. The van der Waals surface area contributed by atoms with E-state index < -0.39 is 10.0 Å². The monoisotopic (exact) mass is 223 g/mol. The van der Waals surface area contributed by atoms with Crippen LogP contribution in [0.15, 0.2) is 0 Å². The van der Waals surface area contributed by atoms with Gasteiger partial charge in [-0.25, -0.2) is 13.1 Å². The second kappa shape index (κ2) is 5.22. The molecule has 0 atom stereocenters. The van der Waals surface area contributed by atoms with Crippen molar-refractivity contribution < 1.29 is 8.42 Å². The summed E-state index contributed by atoms with van der Waals surface area (Å²) in [5.41, 5.74) is 0. The van der Waals surface area contributed by atoms with Crippen LogP contribution in [0.4, 0.5) is 0 Å². The van der Waals surface area contributed by atoms with Crippen molar-refractivity contribution in [1.29, 1.82) is 0 Å². The molecule has 0 aromatic heterocycles. The number of nitrogens with one attached hydrogen (secondary N) is 1. The summed E-state index contributed by atoms with van der Waals surface area (Å²) in [4.78, 5) is 0. The van der Waals surface area contributed by atoms with Gasteiger partial charge in [0.15, 0.2) is 0 Å². The van der Waals surface area contributed by atoms with Crippen LogP contribution < -0.4 is 4.72 Å². The van der Waals surface area contributed by atoms with Crippen molar-refractivity contribution in [2.75, 3.05) is 23.8 Å². The maximum absolute atomic E-state index is 11.1. The second-order valence-corrected chi connectivity index (χ2v) is 6.63. The summed E-state index contributed by atoms with van der Waals surface area (Å²) in [5, 5.41) is 0. The lowest BCUT2D eigenvalue weighted by atomic mass is 10.0. The first-order chi connectivity index (χ1) is 6.14. The Kier molecular flexibility index (Phi) is 4.55. The van der Waals surface area contributed by atoms with E-state index in [1.165, 1.54) is 11.5 Å². The molecular weight excluding hydrogens is 206 g/mol. The third kappa shape index (κ3) is 4.33. The van der Waals surface area contributed by atoms with Gasteiger partial charge in [-0.1, -0.05) is 0 Å². The molecule has 3 nitrogen and oxygen atoms in total. The van der Waals surface area contributed by atoms with Crippen molar-refractivity contribution in [3.8, 4) is 0 Å². The van der Waals surface area contributed by atoms with Crippen LogP contribution in [-0.2, 0) is 10.0 Å². The summed E-state index contributed by atoms with van der Waals surface area (Å²) in [5.74, 6) is 3.11. The van der Waals surface area contributed by atoms with Crippen molar-refractivity contribution in [2.45, 2.75) is 19.8 Å². The fourth-order valence-electron chi connectivity index (χ4n) is 1.30. The van der Waals surface area contributed by atoms with Crippen molar-refractivity contribution in [2.24, 2.45) is 5.92 Å². The summed E-state index contributed by atoms with van der Waals surface area (Å²) >= 11 is 1.96. The first kappa shape index (κ1) is 11.3. The van der Waals surface area contributed by atoms with Crippen LogP contribution in [0.3, 0.4) is 0 Å². The van der Waals surface area contributed by atoms with Crippen molar-refractivity contribution in [3.05, 3.63) is 0 Å². The zero-order chi connectivity index (χ0) is 9.73. The highest BCUT2D eigenvalue weighted by molar-refractivity contribution is 7.99. The summed E-state index contributed by atoms with van der Waals surface area (Å²) in [7, 11) is -2.98. The van der Waals surface area contributed by atoms with Crippen LogP contribution in [-0.4, -0.2) is 32.2 Å². The predicted molar refractivity (Wildman–Crippen MR) is 57.5 cm³/mol. The lowest BCUT2D eigenvalue weighted by Crippen LogP contribution is -2.31. The van der Waals surface area contributed by atoms with Crippen molar-refractivity contribution in [3.63, 3.8) is 0 Å². The molecule has 0 unspecified atom stereocenters. The molecule has 0 aromatic carbocycles. The SMILES string of the molecule is CCS(=O)(=O)NCC1CCSCC1. The van der Waals surface area contributed by atoms with Gasteiger partial charge in [-0.2, -0.15) is 11.8 Å². The second-order valence-electron chi connectivity index (χ2n) is 3.31. The molecule has 0 radical (unpaired) electrons. The van der Waals surface area contributed by atoms with E-state index in [1.807, 2.05) is 11.8 Å². The van der Waals surface area contributed by atoms with Crippen LogP contribution in [0, 0.1) is 5.92 Å². The molecule has 1 aliphatic rings. The molecule has 1 saturated heterocycles. The van der Waals surface area contributed by atoms with E-state index in [2.05, 4.69) is 4.72 Å². The van der Waals surface area contributed by atoms with Crippen LogP contribution >= 0.6 is 11.8 Å². The lowest BCUT2D eigenvalue weighted by molar-refractivity contribution is 0.477. The van der Waals surface area contributed by atoms with Gasteiger partial charge in [0.05, 0.1) is 5.75 Å². The number of sulfonamides is 1. The van der Waals surface area contributed by atoms with E-state index >= 15 is 0 Å². The maximum atomic E-state index is 11.1. The van der Waals surface area contributed by atoms with Gasteiger partial charge in [-0.3, -0.25) is 0 Å². The lowest BCUT2D eigenvalue weighted by Gasteiger charge is -2.21. The fourth-order valence-corrected chi connectivity index (χ4v) is 3.20. The largest absolute Gasteiger partial charge is 0.215 e. The Hall–Kier alpha value is 0.260. The fraction of sp³-hybridized carbons (Fsp3) is 1.00. The molecule has 78 valence electrons. The third-order valence-corrected chi connectivity index (χ3v) is 4.73. The Labute approximate surface area is 84.7 Å². The summed E-state index contributed by atoms with van der Waals surface area (Å²) in [6, 6.07) is 0. The quantitative estimate of drug-likeness (QED) is 0.775. The standard InChI is InChI=1S/C8H17NO2S2/c1-2-13(10,11)9-7-8-3-5-12-6-4-8/h8-9H,2-7H2,1H3. The summed E-state index contributed by atoms with van der Waals surface area (Å²) in [6.07, 6.45) is 2.30. The molecule has 1 aliphatic heterocycles. The zero-order valence-corrected chi connectivity index (χ0v) is 9.59. The molecule has 1 N–H and O–H groups in total. The summed E-state index contributed by atoms with van der Waals surface area (Å²) in [6.45, 7) is 2.30. The van der Waals surface area contributed by atoms with Crippen LogP contribution in [0.25, 0.3) is 0 Å². The van der Waals surface area contributed by atoms with Crippen LogP contribution in [0.2, 0.25) is 0 Å². The van der Waals surface area contributed by atoms with Crippen molar-refractivity contribution in [1.82, 2.24) is 4.72 Å². The average Bonchev–Trinajstić information content (AvgIpc) is 2.17. The Morgan fingerprint density at radius 2 is 2.00 bits per heavy atom. The Bertz CT molecular complexity index is 233. The first-order valence-electron chi connectivity index (χ1n) is 4.69. The molecule has 5 heteroatoms. The summed E-state index contributed by atoms with van der Waals surface area (Å²) < 4.78 is 24.9. The van der Waals surface area contributed by atoms with Gasteiger partial charge in [0, 0.05) is 6.54 Å². The first-order valence-corrected chi connectivity index (χ1v) is 7.50. The molecule has 13 heavy (non-hydrogen) atoms. The molecule has 0 spiro atoms. The average molecular weight is 223 g/mol. The molecular formula is C8H17NO2S2. The van der Waals surface area contributed by atoms with Crippen LogP contribution in [0.1, 0.15) is 19.8 Å². The van der Waals surface area contributed by atoms with Crippen LogP contribution in [0.5, 0.6) is 0 Å². The van der Waals surface area contributed by atoms with E-state index in [1.54, 1.807) is 6.92 Å². The molecule has 0 saturated carbocycles. The van der Waals surface area contributed by atoms with Crippen molar-refractivity contribution >= 4 is 21.8 Å². The number of hydrogen-bond donors (Lipinski definition) is 1. The molecule has 1 fully saturated rings. The topological polar surface area (TPSA) is 46.2 Å². The van der Waals surface area contributed by atoms with E-state index in [0.29, 0.717) is 12.5 Å². The minimum Gasteiger partial charge on any atom is -0.215 e. The Morgan fingerprint density at radius 1 is 1.38 bits per heavy atom. The smallest absolute Gasteiger partial charge is 0.211 e. The maximum Gasteiger partial charge on any atom is 0.211 e. The molecule has 0 bridgehead atoms. The van der Waals surface area contributed by atoms with Gasteiger partial charge < -0.3 is 0 Å². The Balaban J connectivity index is 2.25. The highest BCUT2D eigenvalue weighted by Crippen LogP contribution is 2.21. The molecule has 1 rings (SSSR count). The van der Waals surface area contributed by atoms with Gasteiger partial charge in [0.1, 0.15) is 0 Å². The number of thioether (sulfide) groups is 1. The van der Waals surface area contributed by atoms with Gasteiger partial charge >= 0.3 is 0 Å². The molecule has 0 amide bonds. The number of rotatable bonds is 4. The third-order valence-electron chi connectivity index (χ3n) is 2.31. The van der Waals surface area contributed by atoms with Gasteiger partial charge in [0.2, 0.25) is 10.0 Å². The zero-order valence-electron chi connectivity index (χ0n) is 7.95. The van der Waals surface area contributed by atoms with E-state index in [9.17, 15) is 8.42 Å². The number of hydrogen-bond acceptors (Lipinski definition) is 3. The molecule has 0 aromatic rings. The highest BCUT2D eigenvalue weighted by atomic mass is 32.2. The molecule has 0 aliphatic carbocycles. The van der Waals surface area contributed by atoms with Gasteiger partial charge in [-0.15, -0.1) is 0 Å². The van der Waals surface area contributed by atoms with E-state index in [-0.39, 0.29) is 5.75 Å². The normalized spacial score (nSPS) is 20.4. The predicted octanol–water partition coefficient (Wildman–Crippen LogP) is 1.07. The minimum atomic E-state index is -2.98. The minimum absolute atomic E-state index is 0.189. The molecule has 1 heterocycles. The van der Waals surface area contributed by atoms with E-state index in [4.69, 9.17) is 0 Å². The van der Waals surface area contributed by atoms with Gasteiger partial charge in [-0.05, 0) is 37.2 Å². The van der Waals surface area contributed by atoms with Gasteiger partial charge in [0.25, 0.3) is 0 Å². The van der Waals surface area contributed by atoms with E-state index in [0.717, 1.165) is 12.8 Å². The Morgan fingerprint density at radius 3 is 2.54 bits per heavy atom.